The van der Waals surface area contributed by atoms with E-state index in [0.29, 0.717) is 11.5 Å². The third-order valence-electron chi connectivity index (χ3n) is 6.77. The number of carbonyl (C=O) groups is 2. The van der Waals surface area contributed by atoms with Gasteiger partial charge in [-0.25, -0.2) is 0 Å². The standard InChI is InChI=1S/C32H30O4S2/c1-35-29(33)31(25-15-7-3-8-16-25,26-17-9-4-10-18-26)23-37-38-24-32(30(34)36-2,27-19-11-5-12-20-27)28-21-13-6-14-22-28/h3-22H,23-24H2,1-2H3. The lowest BCUT2D eigenvalue weighted by Crippen LogP contribution is -2.41. The average Bonchev–Trinajstić information content (AvgIpc) is 3.00. The number of hydrogen-bond donors (Lipinski definition) is 0. The van der Waals surface area contributed by atoms with Gasteiger partial charge in [-0.2, -0.15) is 0 Å². The van der Waals surface area contributed by atoms with Crippen molar-refractivity contribution in [2.75, 3.05) is 25.7 Å². The molecule has 0 fully saturated rings. The molecule has 194 valence electrons. The van der Waals surface area contributed by atoms with Gasteiger partial charge in [-0.3, -0.25) is 9.59 Å². The summed E-state index contributed by atoms with van der Waals surface area (Å²) in [5.74, 6) is 0.181. The molecule has 0 amide bonds. The van der Waals surface area contributed by atoms with Crippen LogP contribution in [-0.2, 0) is 29.9 Å². The summed E-state index contributed by atoms with van der Waals surface area (Å²) in [6.45, 7) is 0. The van der Waals surface area contributed by atoms with Crippen LogP contribution in [0.4, 0.5) is 0 Å². The fourth-order valence-electron chi connectivity index (χ4n) is 4.76. The Morgan fingerprint density at radius 1 is 0.500 bits per heavy atom. The van der Waals surface area contributed by atoms with Crippen LogP contribution < -0.4 is 0 Å². The summed E-state index contributed by atoms with van der Waals surface area (Å²) >= 11 is 0. The Balaban J connectivity index is 1.70. The van der Waals surface area contributed by atoms with Gasteiger partial charge in [-0.1, -0.05) is 143 Å². The lowest BCUT2D eigenvalue weighted by Gasteiger charge is -2.34. The van der Waals surface area contributed by atoms with Crippen molar-refractivity contribution in [2.45, 2.75) is 10.8 Å². The molecule has 0 heterocycles. The Labute approximate surface area is 232 Å². The maximum Gasteiger partial charge on any atom is 0.321 e. The van der Waals surface area contributed by atoms with Crippen molar-refractivity contribution in [3.8, 4) is 0 Å². The Kier molecular flexibility index (Phi) is 9.32. The monoisotopic (exact) mass is 542 g/mol. The van der Waals surface area contributed by atoms with E-state index in [2.05, 4.69) is 0 Å². The Morgan fingerprint density at radius 3 is 0.947 bits per heavy atom. The molecule has 4 nitrogen and oxygen atoms in total. The van der Waals surface area contributed by atoms with Gasteiger partial charge >= 0.3 is 11.9 Å². The van der Waals surface area contributed by atoms with Gasteiger partial charge in [0.15, 0.2) is 0 Å². The van der Waals surface area contributed by atoms with E-state index in [1.807, 2.05) is 121 Å². The summed E-state index contributed by atoms with van der Waals surface area (Å²) in [6, 6.07) is 38.9. The molecule has 0 N–H and O–H groups in total. The average molecular weight is 543 g/mol. The van der Waals surface area contributed by atoms with Crippen LogP contribution in [0.3, 0.4) is 0 Å². The number of methoxy groups -OCH3 is 2. The van der Waals surface area contributed by atoms with Crippen LogP contribution in [0.2, 0.25) is 0 Å². The first-order chi connectivity index (χ1) is 18.6. The van der Waals surface area contributed by atoms with Gasteiger partial charge in [0, 0.05) is 11.5 Å². The SMILES string of the molecule is COC(=O)C(CSSCC(C(=O)OC)(c1ccccc1)c1ccccc1)(c1ccccc1)c1ccccc1. The Hall–Kier alpha value is -3.48. The summed E-state index contributed by atoms with van der Waals surface area (Å²) in [5.41, 5.74) is 1.41. The highest BCUT2D eigenvalue weighted by Gasteiger charge is 2.46. The van der Waals surface area contributed by atoms with Crippen LogP contribution in [0.15, 0.2) is 121 Å². The van der Waals surface area contributed by atoms with Gasteiger partial charge < -0.3 is 9.47 Å². The van der Waals surface area contributed by atoms with Crippen molar-refractivity contribution in [1.29, 1.82) is 0 Å². The zero-order chi connectivity index (χ0) is 26.8. The fraction of sp³-hybridized carbons (Fsp3) is 0.188. The van der Waals surface area contributed by atoms with Crippen LogP contribution in [0, 0.1) is 0 Å². The van der Waals surface area contributed by atoms with Gasteiger partial charge in [0.2, 0.25) is 0 Å². The molecular weight excluding hydrogens is 512 g/mol. The van der Waals surface area contributed by atoms with Crippen molar-refractivity contribution in [1.82, 2.24) is 0 Å². The van der Waals surface area contributed by atoms with Crippen LogP contribution in [-0.4, -0.2) is 37.7 Å². The van der Waals surface area contributed by atoms with E-state index in [9.17, 15) is 9.59 Å². The molecule has 0 spiro atoms. The maximum atomic E-state index is 13.5. The second kappa shape index (κ2) is 12.9. The zero-order valence-electron chi connectivity index (χ0n) is 21.4. The van der Waals surface area contributed by atoms with Gasteiger partial charge in [-0.05, 0) is 22.3 Å². The van der Waals surface area contributed by atoms with Crippen LogP contribution in [0.25, 0.3) is 0 Å². The number of esters is 2. The summed E-state index contributed by atoms with van der Waals surface area (Å²) in [6.07, 6.45) is 0. The zero-order valence-corrected chi connectivity index (χ0v) is 23.0. The third-order valence-corrected chi connectivity index (χ3v) is 9.24. The summed E-state index contributed by atoms with van der Waals surface area (Å²) in [7, 11) is 5.94. The molecule has 0 aliphatic heterocycles. The summed E-state index contributed by atoms with van der Waals surface area (Å²) in [5, 5.41) is 0. The van der Waals surface area contributed by atoms with Gasteiger partial charge in [0.25, 0.3) is 0 Å². The minimum Gasteiger partial charge on any atom is -0.468 e. The van der Waals surface area contributed by atoms with Gasteiger partial charge in [-0.15, -0.1) is 0 Å². The molecule has 4 rings (SSSR count). The molecule has 0 bridgehead atoms. The third kappa shape index (κ3) is 5.38. The number of hydrogen-bond acceptors (Lipinski definition) is 6. The predicted octanol–water partition coefficient (Wildman–Crippen LogP) is 6.69. The highest BCUT2D eigenvalue weighted by atomic mass is 33.1. The summed E-state index contributed by atoms with van der Waals surface area (Å²) < 4.78 is 10.8. The van der Waals surface area contributed by atoms with Crippen molar-refractivity contribution >= 4 is 33.5 Å². The van der Waals surface area contributed by atoms with E-state index in [1.54, 1.807) is 21.6 Å². The minimum absolute atomic E-state index is 0.326. The second-order valence-electron chi connectivity index (χ2n) is 8.78. The molecule has 6 heteroatoms. The van der Waals surface area contributed by atoms with E-state index < -0.39 is 10.8 Å². The van der Waals surface area contributed by atoms with Crippen LogP contribution >= 0.6 is 21.6 Å². The Bertz CT molecular complexity index is 1130. The van der Waals surface area contributed by atoms with Crippen molar-refractivity contribution < 1.29 is 19.1 Å². The first-order valence-corrected chi connectivity index (χ1v) is 14.7. The number of rotatable bonds is 11. The molecule has 0 aliphatic rings. The molecule has 0 unspecified atom stereocenters. The second-order valence-corrected chi connectivity index (χ2v) is 11.2. The Morgan fingerprint density at radius 2 is 0.737 bits per heavy atom. The molecule has 4 aromatic carbocycles. The molecule has 38 heavy (non-hydrogen) atoms. The topological polar surface area (TPSA) is 52.6 Å². The molecule has 0 radical (unpaired) electrons. The number of carbonyl (C=O) groups excluding carboxylic acids is 2. The lowest BCUT2D eigenvalue weighted by atomic mass is 9.76. The molecule has 0 saturated carbocycles. The molecule has 4 aromatic rings. The normalized spacial score (nSPS) is 11.5. The molecule has 0 aromatic heterocycles. The van der Waals surface area contributed by atoms with Crippen LogP contribution in [0.1, 0.15) is 22.3 Å². The van der Waals surface area contributed by atoms with E-state index in [4.69, 9.17) is 9.47 Å². The van der Waals surface area contributed by atoms with E-state index in [1.165, 1.54) is 14.2 Å². The predicted molar refractivity (Wildman–Crippen MR) is 156 cm³/mol. The van der Waals surface area contributed by atoms with Gasteiger partial charge in [0.05, 0.1) is 14.2 Å². The minimum atomic E-state index is -1.01. The van der Waals surface area contributed by atoms with E-state index in [-0.39, 0.29) is 11.9 Å². The molecule has 0 aliphatic carbocycles. The van der Waals surface area contributed by atoms with E-state index in [0.717, 1.165) is 22.3 Å². The first-order valence-electron chi connectivity index (χ1n) is 12.2. The highest BCUT2D eigenvalue weighted by Crippen LogP contribution is 2.44. The lowest BCUT2D eigenvalue weighted by molar-refractivity contribution is -0.145. The number of ether oxygens (including phenoxy) is 2. The van der Waals surface area contributed by atoms with Gasteiger partial charge in [0.1, 0.15) is 10.8 Å². The number of benzene rings is 4. The quantitative estimate of drug-likeness (QED) is 0.120. The first kappa shape index (κ1) is 27.6. The fourth-order valence-corrected chi connectivity index (χ4v) is 7.74. The maximum absolute atomic E-state index is 13.5. The molecule has 0 saturated heterocycles. The molecule has 0 atom stereocenters. The van der Waals surface area contributed by atoms with Crippen molar-refractivity contribution in [3.63, 3.8) is 0 Å². The van der Waals surface area contributed by atoms with E-state index >= 15 is 0 Å². The van der Waals surface area contributed by atoms with Crippen molar-refractivity contribution in [2.24, 2.45) is 0 Å². The van der Waals surface area contributed by atoms with Crippen LogP contribution in [0.5, 0.6) is 0 Å². The summed E-state index contributed by atoms with van der Waals surface area (Å²) in [4.78, 5) is 27.0. The van der Waals surface area contributed by atoms with Crippen molar-refractivity contribution in [3.05, 3.63) is 144 Å². The largest absolute Gasteiger partial charge is 0.468 e. The molecular formula is C32H30O4S2. The highest BCUT2D eigenvalue weighted by molar-refractivity contribution is 8.76. The smallest absolute Gasteiger partial charge is 0.321 e.